The fourth-order valence-electron chi connectivity index (χ4n) is 3.28. The number of hydrogen-bond acceptors (Lipinski definition) is 2. The molecule has 1 atom stereocenters. The maximum atomic E-state index is 6.30. The predicted octanol–water partition coefficient (Wildman–Crippen LogP) is 3.21. The van der Waals surface area contributed by atoms with Crippen LogP contribution in [0, 0.1) is 12.3 Å². The molecule has 3 nitrogen and oxygen atoms in total. The maximum Gasteiger partial charge on any atom is 0.0662 e. The van der Waals surface area contributed by atoms with E-state index in [4.69, 9.17) is 5.73 Å². The molecule has 1 aromatic heterocycles. The quantitative estimate of drug-likeness (QED) is 0.909. The number of rotatable bonds is 2. The first-order valence-electron chi connectivity index (χ1n) is 7.30. The Morgan fingerprint density at radius 2 is 2.20 bits per heavy atom. The highest BCUT2D eigenvalue weighted by atomic mass is 15.3. The number of benzene rings is 1. The first-order chi connectivity index (χ1) is 9.44. The second-order valence-electron chi connectivity index (χ2n) is 6.84. The summed E-state index contributed by atoms with van der Waals surface area (Å²) in [6.07, 6.45) is 4.06. The van der Waals surface area contributed by atoms with E-state index in [0.717, 1.165) is 19.4 Å². The highest BCUT2D eigenvalue weighted by Gasteiger charge is 2.33. The van der Waals surface area contributed by atoms with Crippen molar-refractivity contribution in [3.8, 4) is 0 Å². The van der Waals surface area contributed by atoms with Crippen LogP contribution in [0.5, 0.6) is 0 Å². The summed E-state index contributed by atoms with van der Waals surface area (Å²) in [5.74, 6) is 0. The lowest BCUT2D eigenvalue weighted by atomic mass is 9.74. The van der Waals surface area contributed by atoms with Crippen molar-refractivity contribution in [2.45, 2.75) is 46.2 Å². The van der Waals surface area contributed by atoms with Crippen molar-refractivity contribution >= 4 is 0 Å². The monoisotopic (exact) mass is 269 g/mol. The van der Waals surface area contributed by atoms with Crippen LogP contribution in [0.25, 0.3) is 0 Å². The molecule has 0 aliphatic heterocycles. The van der Waals surface area contributed by atoms with E-state index in [1.807, 2.05) is 6.20 Å². The third-order valence-electron chi connectivity index (χ3n) is 4.21. The van der Waals surface area contributed by atoms with Crippen LogP contribution in [-0.2, 0) is 13.0 Å². The van der Waals surface area contributed by atoms with Gasteiger partial charge in [-0.15, -0.1) is 0 Å². The Kier molecular flexibility index (Phi) is 3.17. The molecule has 1 aliphatic carbocycles. The zero-order valence-corrected chi connectivity index (χ0v) is 12.6. The van der Waals surface area contributed by atoms with Gasteiger partial charge in [0.2, 0.25) is 0 Å². The minimum absolute atomic E-state index is 0.125. The van der Waals surface area contributed by atoms with Gasteiger partial charge < -0.3 is 5.73 Å². The van der Waals surface area contributed by atoms with E-state index in [0.29, 0.717) is 0 Å². The maximum absolute atomic E-state index is 6.30. The molecule has 106 valence electrons. The molecule has 20 heavy (non-hydrogen) atoms. The lowest BCUT2D eigenvalue weighted by Crippen LogP contribution is -2.30. The number of fused-ring (bicyclic) bond motifs is 1. The molecule has 0 saturated carbocycles. The Bertz CT molecular complexity index is 625. The van der Waals surface area contributed by atoms with Gasteiger partial charge in [-0.05, 0) is 30.7 Å². The molecule has 2 aromatic rings. The fraction of sp³-hybridized carbons (Fsp3) is 0.471. The number of aryl methyl sites for hydroxylation is 1. The summed E-state index contributed by atoms with van der Waals surface area (Å²) in [6.45, 7) is 7.54. The van der Waals surface area contributed by atoms with Crippen molar-refractivity contribution in [1.29, 1.82) is 0 Å². The molecule has 0 amide bonds. The average molecular weight is 269 g/mol. The van der Waals surface area contributed by atoms with Crippen LogP contribution < -0.4 is 5.73 Å². The van der Waals surface area contributed by atoms with Crippen LogP contribution in [-0.4, -0.2) is 9.78 Å². The number of nitrogens with two attached hydrogens (primary N) is 1. The van der Waals surface area contributed by atoms with Crippen LogP contribution >= 0.6 is 0 Å². The van der Waals surface area contributed by atoms with Crippen molar-refractivity contribution < 1.29 is 0 Å². The summed E-state index contributed by atoms with van der Waals surface area (Å²) in [6, 6.07) is 8.74. The number of nitrogens with zero attached hydrogens (tertiary/aromatic N) is 2. The van der Waals surface area contributed by atoms with E-state index >= 15 is 0 Å². The van der Waals surface area contributed by atoms with Gasteiger partial charge in [0.1, 0.15) is 0 Å². The standard InChI is InChI=1S/C17H23N3/c1-12-5-4-6-13(7-12)11-20-16-9-17(2,3)8-15(18)14(16)10-19-20/h4-7,10,15H,8-9,11,18H2,1-3H3. The minimum Gasteiger partial charge on any atom is -0.324 e. The van der Waals surface area contributed by atoms with Crippen molar-refractivity contribution in [3.63, 3.8) is 0 Å². The van der Waals surface area contributed by atoms with E-state index < -0.39 is 0 Å². The van der Waals surface area contributed by atoms with Gasteiger partial charge in [0.25, 0.3) is 0 Å². The first kappa shape index (κ1) is 13.4. The summed E-state index contributed by atoms with van der Waals surface area (Å²) in [5.41, 5.74) is 11.7. The van der Waals surface area contributed by atoms with Gasteiger partial charge in [-0.1, -0.05) is 43.7 Å². The van der Waals surface area contributed by atoms with Gasteiger partial charge in [0, 0.05) is 17.3 Å². The van der Waals surface area contributed by atoms with Crippen LogP contribution in [0.2, 0.25) is 0 Å². The molecule has 0 spiro atoms. The Morgan fingerprint density at radius 3 is 2.95 bits per heavy atom. The summed E-state index contributed by atoms with van der Waals surface area (Å²) >= 11 is 0. The van der Waals surface area contributed by atoms with Crippen LogP contribution in [0.1, 0.15) is 48.7 Å². The lowest BCUT2D eigenvalue weighted by molar-refractivity contribution is 0.275. The Balaban J connectivity index is 1.93. The van der Waals surface area contributed by atoms with E-state index in [1.54, 1.807) is 0 Å². The molecule has 0 saturated heterocycles. The van der Waals surface area contributed by atoms with Gasteiger partial charge in [-0.3, -0.25) is 4.68 Å². The summed E-state index contributed by atoms with van der Waals surface area (Å²) < 4.78 is 2.13. The highest BCUT2D eigenvalue weighted by Crippen LogP contribution is 2.39. The van der Waals surface area contributed by atoms with E-state index in [9.17, 15) is 0 Å². The topological polar surface area (TPSA) is 43.8 Å². The Hall–Kier alpha value is -1.61. The second kappa shape index (κ2) is 4.74. The highest BCUT2D eigenvalue weighted by molar-refractivity contribution is 5.28. The normalized spacial score (nSPS) is 20.7. The Labute approximate surface area is 120 Å². The molecule has 1 aromatic carbocycles. The first-order valence-corrected chi connectivity index (χ1v) is 7.30. The molecular formula is C17H23N3. The van der Waals surface area contributed by atoms with E-state index in [1.165, 1.54) is 22.4 Å². The predicted molar refractivity (Wildman–Crippen MR) is 81.5 cm³/mol. The van der Waals surface area contributed by atoms with E-state index in [2.05, 4.69) is 54.8 Å². The molecule has 2 N–H and O–H groups in total. The molecule has 1 unspecified atom stereocenters. The minimum atomic E-state index is 0.125. The summed E-state index contributed by atoms with van der Waals surface area (Å²) in [7, 11) is 0. The zero-order valence-electron chi connectivity index (χ0n) is 12.6. The van der Waals surface area contributed by atoms with Crippen LogP contribution in [0.4, 0.5) is 0 Å². The van der Waals surface area contributed by atoms with Gasteiger partial charge in [-0.2, -0.15) is 5.10 Å². The summed E-state index contributed by atoms with van der Waals surface area (Å²) in [5, 5.41) is 4.58. The molecule has 0 bridgehead atoms. The molecule has 1 aliphatic rings. The zero-order chi connectivity index (χ0) is 14.3. The summed E-state index contributed by atoms with van der Waals surface area (Å²) in [4.78, 5) is 0. The fourth-order valence-corrected chi connectivity index (χ4v) is 3.28. The lowest BCUT2D eigenvalue weighted by Gasteiger charge is -2.33. The van der Waals surface area contributed by atoms with Crippen molar-refractivity contribution in [2.75, 3.05) is 0 Å². The molecule has 0 radical (unpaired) electrons. The smallest absolute Gasteiger partial charge is 0.0662 e. The Morgan fingerprint density at radius 1 is 1.40 bits per heavy atom. The van der Waals surface area contributed by atoms with Crippen molar-refractivity contribution in [3.05, 3.63) is 52.8 Å². The number of aromatic nitrogens is 2. The SMILES string of the molecule is Cc1cccc(Cn2ncc3c2CC(C)(C)CC3N)c1. The third-order valence-corrected chi connectivity index (χ3v) is 4.21. The second-order valence-corrected chi connectivity index (χ2v) is 6.84. The average Bonchev–Trinajstić information content (AvgIpc) is 2.71. The van der Waals surface area contributed by atoms with Crippen molar-refractivity contribution in [2.24, 2.45) is 11.1 Å². The van der Waals surface area contributed by atoms with Crippen LogP contribution in [0.3, 0.4) is 0 Å². The van der Waals surface area contributed by atoms with E-state index in [-0.39, 0.29) is 11.5 Å². The van der Waals surface area contributed by atoms with Gasteiger partial charge in [0.15, 0.2) is 0 Å². The van der Waals surface area contributed by atoms with Crippen LogP contribution in [0.15, 0.2) is 30.5 Å². The van der Waals surface area contributed by atoms with Gasteiger partial charge in [0.05, 0.1) is 12.7 Å². The molecule has 3 rings (SSSR count). The third kappa shape index (κ3) is 2.50. The molecule has 0 fully saturated rings. The van der Waals surface area contributed by atoms with Gasteiger partial charge >= 0.3 is 0 Å². The largest absolute Gasteiger partial charge is 0.324 e. The van der Waals surface area contributed by atoms with Gasteiger partial charge in [-0.25, -0.2) is 0 Å². The molecular weight excluding hydrogens is 246 g/mol. The number of hydrogen-bond donors (Lipinski definition) is 1. The molecule has 1 heterocycles. The van der Waals surface area contributed by atoms with Crippen molar-refractivity contribution in [1.82, 2.24) is 9.78 Å². The molecule has 3 heteroatoms.